The van der Waals surface area contributed by atoms with E-state index in [0.717, 1.165) is 0 Å². The summed E-state index contributed by atoms with van der Waals surface area (Å²) in [5.41, 5.74) is 0.641. The number of benzene rings is 1. The first-order valence-electron chi connectivity index (χ1n) is 4.86. The molecule has 0 unspecified atom stereocenters. The molecule has 0 radical (unpaired) electrons. The van der Waals surface area contributed by atoms with Crippen molar-refractivity contribution in [1.29, 1.82) is 0 Å². The summed E-state index contributed by atoms with van der Waals surface area (Å²) in [5.74, 6) is 0.690. The molecule has 1 aromatic carbocycles. The summed E-state index contributed by atoms with van der Waals surface area (Å²) in [7, 11) is 1.56. The number of ether oxygens (including phenoxy) is 1. The number of amides is 1. The third-order valence-electron chi connectivity index (χ3n) is 2.28. The summed E-state index contributed by atoms with van der Waals surface area (Å²) in [6.07, 6.45) is -2.03. The first-order valence-corrected chi connectivity index (χ1v) is 4.86. The van der Waals surface area contributed by atoms with E-state index in [9.17, 15) is 9.90 Å². The molecule has 16 heavy (non-hydrogen) atoms. The monoisotopic (exact) mass is 225 g/mol. The van der Waals surface area contributed by atoms with Gasteiger partial charge < -0.3 is 20.3 Å². The lowest BCUT2D eigenvalue weighted by Crippen LogP contribution is -2.35. The van der Waals surface area contributed by atoms with Crippen molar-refractivity contribution >= 4 is 6.09 Å². The molecule has 0 aliphatic heterocycles. The smallest absolute Gasteiger partial charge is 0.404 e. The highest BCUT2D eigenvalue weighted by molar-refractivity contribution is 5.64. The lowest BCUT2D eigenvalue weighted by atomic mass is 10.0. The van der Waals surface area contributed by atoms with Crippen LogP contribution in [0.2, 0.25) is 0 Å². The number of carboxylic acid groups (broad SMARTS) is 1. The van der Waals surface area contributed by atoms with Crippen LogP contribution in [0.25, 0.3) is 0 Å². The minimum atomic E-state index is -1.15. The van der Waals surface area contributed by atoms with Gasteiger partial charge in [-0.15, -0.1) is 0 Å². The van der Waals surface area contributed by atoms with Crippen LogP contribution in [0.15, 0.2) is 24.3 Å². The summed E-state index contributed by atoms with van der Waals surface area (Å²) in [6, 6.07) is 6.26. The molecule has 0 heterocycles. The Kier molecular flexibility index (Phi) is 4.13. The number of nitrogens with one attached hydrogen (secondary N) is 1. The summed E-state index contributed by atoms with van der Waals surface area (Å²) in [4.78, 5) is 10.4. The third kappa shape index (κ3) is 3.13. The number of aliphatic hydroxyl groups excluding tert-OH is 1. The predicted octanol–water partition coefficient (Wildman–Crippen LogP) is 1.38. The van der Waals surface area contributed by atoms with Crippen LogP contribution in [-0.4, -0.2) is 29.5 Å². The van der Waals surface area contributed by atoms with E-state index in [0.29, 0.717) is 11.3 Å². The first kappa shape index (κ1) is 12.3. The van der Waals surface area contributed by atoms with Gasteiger partial charge in [-0.1, -0.05) is 12.1 Å². The largest absolute Gasteiger partial charge is 0.497 e. The molecule has 3 N–H and O–H groups in total. The fourth-order valence-corrected chi connectivity index (χ4v) is 1.36. The zero-order valence-electron chi connectivity index (χ0n) is 9.18. The fourth-order valence-electron chi connectivity index (χ4n) is 1.36. The number of hydrogen-bond acceptors (Lipinski definition) is 3. The molecule has 5 nitrogen and oxygen atoms in total. The Labute approximate surface area is 93.7 Å². The van der Waals surface area contributed by atoms with E-state index in [-0.39, 0.29) is 0 Å². The van der Waals surface area contributed by atoms with Gasteiger partial charge in [0.15, 0.2) is 0 Å². The molecule has 1 aromatic rings. The number of methoxy groups -OCH3 is 1. The highest BCUT2D eigenvalue weighted by Crippen LogP contribution is 2.19. The van der Waals surface area contributed by atoms with Crippen molar-refractivity contribution in [1.82, 2.24) is 5.32 Å². The number of rotatable bonds is 4. The van der Waals surface area contributed by atoms with Gasteiger partial charge in [-0.3, -0.25) is 0 Å². The Hall–Kier alpha value is -1.75. The van der Waals surface area contributed by atoms with Gasteiger partial charge >= 0.3 is 6.09 Å². The maximum atomic E-state index is 10.4. The summed E-state index contributed by atoms with van der Waals surface area (Å²) in [6.45, 7) is 1.60. The van der Waals surface area contributed by atoms with Crippen LogP contribution in [0, 0.1) is 0 Å². The Bertz CT molecular complexity index is 350. The molecule has 1 amide bonds. The SMILES string of the molecule is COc1ccc([C@@H](O)[C@H](C)NC(=O)O)cc1. The first-order chi connectivity index (χ1) is 7.54. The average Bonchev–Trinajstić information content (AvgIpc) is 2.27. The average molecular weight is 225 g/mol. The lowest BCUT2D eigenvalue weighted by molar-refractivity contribution is 0.127. The quantitative estimate of drug-likeness (QED) is 0.723. The molecule has 0 aromatic heterocycles. The maximum absolute atomic E-state index is 10.4. The number of carbonyl (C=O) groups is 1. The standard InChI is InChI=1S/C11H15NO4/c1-7(12-11(14)15)10(13)8-3-5-9(16-2)6-4-8/h3-7,10,12-13H,1-2H3,(H,14,15)/t7-,10-/m0/s1. The Morgan fingerprint density at radius 1 is 1.38 bits per heavy atom. The topological polar surface area (TPSA) is 78.8 Å². The van der Waals surface area contributed by atoms with E-state index >= 15 is 0 Å². The molecular weight excluding hydrogens is 210 g/mol. The Morgan fingerprint density at radius 2 is 1.94 bits per heavy atom. The van der Waals surface area contributed by atoms with E-state index in [4.69, 9.17) is 9.84 Å². The van der Waals surface area contributed by atoms with Crippen LogP contribution in [0.4, 0.5) is 4.79 Å². The van der Waals surface area contributed by atoms with Crippen molar-refractivity contribution in [2.45, 2.75) is 19.1 Å². The normalized spacial score (nSPS) is 13.9. The van der Waals surface area contributed by atoms with E-state index in [1.807, 2.05) is 0 Å². The van der Waals surface area contributed by atoms with E-state index in [2.05, 4.69) is 5.32 Å². The van der Waals surface area contributed by atoms with Gasteiger partial charge in [-0.25, -0.2) is 4.79 Å². The zero-order valence-corrected chi connectivity index (χ0v) is 9.18. The summed E-state index contributed by atoms with van der Waals surface area (Å²) >= 11 is 0. The molecule has 5 heteroatoms. The number of hydrogen-bond donors (Lipinski definition) is 3. The molecule has 0 aliphatic carbocycles. The van der Waals surface area contributed by atoms with Crippen molar-refractivity contribution in [2.75, 3.05) is 7.11 Å². The second-order valence-corrected chi connectivity index (χ2v) is 3.46. The summed E-state index contributed by atoms with van der Waals surface area (Å²) < 4.78 is 4.98. The summed E-state index contributed by atoms with van der Waals surface area (Å²) in [5, 5.41) is 20.6. The minimum absolute atomic E-state index is 0.564. The van der Waals surface area contributed by atoms with Crippen LogP contribution in [0.5, 0.6) is 5.75 Å². The molecule has 2 atom stereocenters. The molecule has 88 valence electrons. The maximum Gasteiger partial charge on any atom is 0.404 e. The Morgan fingerprint density at radius 3 is 2.38 bits per heavy atom. The van der Waals surface area contributed by atoms with Crippen molar-refractivity contribution < 1.29 is 19.7 Å². The predicted molar refractivity (Wildman–Crippen MR) is 58.6 cm³/mol. The lowest BCUT2D eigenvalue weighted by Gasteiger charge is -2.19. The van der Waals surface area contributed by atoms with Gasteiger partial charge in [0.25, 0.3) is 0 Å². The molecule has 0 saturated carbocycles. The van der Waals surface area contributed by atoms with Gasteiger partial charge in [0.2, 0.25) is 0 Å². The van der Waals surface area contributed by atoms with Crippen molar-refractivity contribution in [3.63, 3.8) is 0 Å². The zero-order chi connectivity index (χ0) is 12.1. The van der Waals surface area contributed by atoms with E-state index in [1.165, 1.54) is 0 Å². The van der Waals surface area contributed by atoms with Gasteiger partial charge in [0.1, 0.15) is 5.75 Å². The minimum Gasteiger partial charge on any atom is -0.497 e. The number of aliphatic hydroxyl groups is 1. The molecule has 1 rings (SSSR count). The van der Waals surface area contributed by atoms with Crippen LogP contribution >= 0.6 is 0 Å². The molecule has 0 bridgehead atoms. The second kappa shape index (κ2) is 5.37. The molecule has 0 spiro atoms. The van der Waals surface area contributed by atoms with Gasteiger partial charge in [-0.05, 0) is 24.6 Å². The second-order valence-electron chi connectivity index (χ2n) is 3.46. The van der Waals surface area contributed by atoms with Crippen molar-refractivity contribution in [3.05, 3.63) is 29.8 Å². The van der Waals surface area contributed by atoms with Crippen LogP contribution < -0.4 is 10.1 Å². The Balaban J connectivity index is 2.71. The third-order valence-corrected chi connectivity index (χ3v) is 2.28. The van der Waals surface area contributed by atoms with Crippen LogP contribution in [0.1, 0.15) is 18.6 Å². The van der Waals surface area contributed by atoms with Crippen molar-refractivity contribution in [3.8, 4) is 5.75 Å². The van der Waals surface area contributed by atoms with Gasteiger partial charge in [0.05, 0.1) is 19.3 Å². The fraction of sp³-hybridized carbons (Fsp3) is 0.364. The molecule has 0 fully saturated rings. The highest BCUT2D eigenvalue weighted by Gasteiger charge is 2.17. The van der Waals surface area contributed by atoms with Gasteiger partial charge in [0, 0.05) is 0 Å². The van der Waals surface area contributed by atoms with Crippen LogP contribution in [-0.2, 0) is 0 Å². The van der Waals surface area contributed by atoms with Crippen LogP contribution in [0.3, 0.4) is 0 Å². The van der Waals surface area contributed by atoms with E-state index < -0.39 is 18.2 Å². The van der Waals surface area contributed by atoms with Gasteiger partial charge in [-0.2, -0.15) is 0 Å². The highest BCUT2D eigenvalue weighted by atomic mass is 16.5. The molecule has 0 aliphatic rings. The molecular formula is C11H15NO4. The molecule has 0 saturated heterocycles. The van der Waals surface area contributed by atoms with E-state index in [1.54, 1.807) is 38.3 Å². The van der Waals surface area contributed by atoms with Crippen molar-refractivity contribution in [2.24, 2.45) is 0 Å².